The highest BCUT2D eigenvalue weighted by molar-refractivity contribution is 5.79. The Balaban J connectivity index is 1.46. The third kappa shape index (κ3) is 3.61. The van der Waals surface area contributed by atoms with E-state index in [4.69, 9.17) is 0 Å². The molecule has 2 aliphatic rings. The van der Waals surface area contributed by atoms with Gasteiger partial charge in [-0.05, 0) is 19.3 Å². The number of aliphatic imine (C=N–C) groups is 1. The molecule has 0 radical (unpaired) electrons. The Labute approximate surface area is 133 Å². The molecule has 0 bridgehead atoms. The molecule has 1 saturated carbocycles. The topological polar surface area (TPSA) is 57.5 Å². The normalized spacial score (nSPS) is 24.1. The lowest BCUT2D eigenvalue weighted by Crippen LogP contribution is -2.45. The molecule has 1 atom stereocenters. The Morgan fingerprint density at radius 3 is 2.86 bits per heavy atom. The largest absolute Gasteiger partial charge is 0.352 e. The van der Waals surface area contributed by atoms with E-state index in [2.05, 4.69) is 25.5 Å². The van der Waals surface area contributed by atoms with E-state index in [9.17, 15) is 0 Å². The van der Waals surface area contributed by atoms with E-state index >= 15 is 0 Å². The first kappa shape index (κ1) is 15.3. The number of likely N-dealkylation sites (tertiary alicyclic amines) is 1. The van der Waals surface area contributed by atoms with Gasteiger partial charge in [-0.15, -0.1) is 0 Å². The lowest BCUT2D eigenvalue weighted by molar-refractivity contribution is 0.242. The maximum Gasteiger partial charge on any atom is 0.191 e. The minimum atomic E-state index is 0.508. The first-order valence-corrected chi connectivity index (χ1v) is 8.43. The van der Waals surface area contributed by atoms with Crippen LogP contribution in [0.5, 0.6) is 0 Å². The Morgan fingerprint density at radius 2 is 2.18 bits per heavy atom. The summed E-state index contributed by atoms with van der Waals surface area (Å²) >= 11 is 0. The fourth-order valence-corrected chi connectivity index (χ4v) is 3.62. The molecule has 6 heteroatoms. The van der Waals surface area contributed by atoms with E-state index in [0.29, 0.717) is 12.6 Å². The van der Waals surface area contributed by atoms with Crippen molar-refractivity contribution in [1.29, 1.82) is 0 Å². The quantitative estimate of drug-likeness (QED) is 0.646. The van der Waals surface area contributed by atoms with Crippen molar-refractivity contribution in [3.63, 3.8) is 0 Å². The molecule has 1 unspecified atom stereocenters. The van der Waals surface area contributed by atoms with Gasteiger partial charge >= 0.3 is 0 Å². The van der Waals surface area contributed by atoms with Crippen molar-refractivity contribution in [3.8, 4) is 0 Å². The maximum atomic E-state index is 4.34. The second-order valence-electron chi connectivity index (χ2n) is 6.44. The molecule has 0 spiro atoms. The zero-order valence-corrected chi connectivity index (χ0v) is 13.8. The fraction of sp³-hybridized carbons (Fsp3) is 0.750. The van der Waals surface area contributed by atoms with Gasteiger partial charge in [-0.1, -0.05) is 12.8 Å². The van der Waals surface area contributed by atoms with Gasteiger partial charge in [0.15, 0.2) is 5.96 Å². The monoisotopic (exact) mass is 304 g/mol. The van der Waals surface area contributed by atoms with Gasteiger partial charge in [0.1, 0.15) is 5.82 Å². The van der Waals surface area contributed by atoms with Crippen LogP contribution >= 0.6 is 0 Å². The number of rotatable bonds is 4. The van der Waals surface area contributed by atoms with E-state index in [1.807, 2.05) is 31.1 Å². The minimum absolute atomic E-state index is 0.508. The lowest BCUT2D eigenvalue weighted by atomic mass is 10.2. The summed E-state index contributed by atoms with van der Waals surface area (Å²) in [6, 6.07) is 1.34. The number of guanidine groups is 1. The van der Waals surface area contributed by atoms with Crippen LogP contribution < -0.4 is 10.6 Å². The van der Waals surface area contributed by atoms with Crippen LogP contribution in [0.3, 0.4) is 0 Å². The van der Waals surface area contributed by atoms with E-state index in [-0.39, 0.29) is 0 Å². The van der Waals surface area contributed by atoms with Crippen LogP contribution in [-0.4, -0.2) is 52.6 Å². The highest BCUT2D eigenvalue weighted by atomic mass is 15.3. The molecule has 2 fully saturated rings. The minimum Gasteiger partial charge on any atom is -0.352 e. The Hall–Kier alpha value is -1.56. The first-order valence-electron chi connectivity index (χ1n) is 8.43. The van der Waals surface area contributed by atoms with Gasteiger partial charge in [0.2, 0.25) is 0 Å². The summed E-state index contributed by atoms with van der Waals surface area (Å²) in [6.07, 6.45) is 10.6. The molecule has 2 heterocycles. The van der Waals surface area contributed by atoms with Crippen molar-refractivity contribution in [2.24, 2.45) is 12.0 Å². The summed E-state index contributed by atoms with van der Waals surface area (Å²) in [6.45, 7) is 3.06. The van der Waals surface area contributed by atoms with Crippen molar-refractivity contribution in [2.75, 3.05) is 20.1 Å². The smallest absolute Gasteiger partial charge is 0.191 e. The number of hydrogen-bond acceptors (Lipinski definition) is 3. The lowest BCUT2D eigenvalue weighted by Gasteiger charge is -2.24. The van der Waals surface area contributed by atoms with Gasteiger partial charge < -0.3 is 15.2 Å². The Morgan fingerprint density at radius 1 is 1.36 bits per heavy atom. The van der Waals surface area contributed by atoms with Gasteiger partial charge in [-0.3, -0.25) is 9.89 Å². The standard InChI is InChI=1S/C16H28N6/c1-17-16(19-11-15-18-8-10-21(15)2)20-13-7-9-22(12-13)14-5-3-4-6-14/h8,10,13-14H,3-7,9,11-12H2,1-2H3,(H2,17,19,20). The summed E-state index contributed by atoms with van der Waals surface area (Å²) in [5, 5.41) is 6.92. The number of nitrogens with one attached hydrogen (secondary N) is 2. The van der Waals surface area contributed by atoms with Crippen molar-refractivity contribution in [3.05, 3.63) is 18.2 Å². The molecule has 0 aromatic carbocycles. The summed E-state index contributed by atoms with van der Waals surface area (Å²) in [7, 11) is 3.84. The third-order valence-electron chi connectivity index (χ3n) is 4.96. The van der Waals surface area contributed by atoms with Crippen LogP contribution in [-0.2, 0) is 13.6 Å². The maximum absolute atomic E-state index is 4.34. The van der Waals surface area contributed by atoms with E-state index in [0.717, 1.165) is 24.4 Å². The fourth-order valence-electron chi connectivity index (χ4n) is 3.62. The second kappa shape index (κ2) is 7.13. The zero-order chi connectivity index (χ0) is 15.4. The zero-order valence-electron chi connectivity index (χ0n) is 13.8. The number of imidazole rings is 1. The third-order valence-corrected chi connectivity index (χ3v) is 4.96. The average molecular weight is 304 g/mol. The molecule has 122 valence electrons. The summed E-state index contributed by atoms with van der Waals surface area (Å²) in [5.74, 6) is 1.89. The summed E-state index contributed by atoms with van der Waals surface area (Å²) < 4.78 is 2.03. The van der Waals surface area contributed by atoms with Gasteiger partial charge in [-0.25, -0.2) is 4.98 Å². The molecule has 1 aromatic rings. The van der Waals surface area contributed by atoms with Gasteiger partial charge in [0, 0.05) is 51.7 Å². The summed E-state index contributed by atoms with van der Waals surface area (Å²) in [5.41, 5.74) is 0. The van der Waals surface area contributed by atoms with Gasteiger partial charge in [0.25, 0.3) is 0 Å². The molecule has 1 saturated heterocycles. The highest BCUT2D eigenvalue weighted by Gasteiger charge is 2.30. The van der Waals surface area contributed by atoms with Crippen molar-refractivity contribution >= 4 is 5.96 Å². The predicted octanol–water partition coefficient (Wildman–Crippen LogP) is 1.10. The van der Waals surface area contributed by atoms with Crippen LogP contribution in [0.4, 0.5) is 0 Å². The molecule has 1 aliphatic heterocycles. The number of nitrogens with zero attached hydrogens (tertiary/aromatic N) is 4. The first-order chi connectivity index (χ1) is 10.8. The van der Waals surface area contributed by atoms with Crippen LogP contribution in [0, 0.1) is 0 Å². The SMILES string of the molecule is CN=C(NCc1nccn1C)NC1CCN(C2CCCC2)C1. The van der Waals surface area contributed by atoms with E-state index in [1.54, 1.807) is 0 Å². The Kier molecular flexibility index (Phi) is 4.97. The van der Waals surface area contributed by atoms with Crippen molar-refractivity contribution in [1.82, 2.24) is 25.1 Å². The number of hydrogen-bond donors (Lipinski definition) is 2. The molecule has 2 N–H and O–H groups in total. The van der Waals surface area contributed by atoms with Gasteiger partial charge in [-0.2, -0.15) is 0 Å². The van der Waals surface area contributed by atoms with Crippen molar-refractivity contribution < 1.29 is 0 Å². The molecule has 6 nitrogen and oxygen atoms in total. The van der Waals surface area contributed by atoms with Crippen LogP contribution in [0.25, 0.3) is 0 Å². The number of aryl methyl sites for hydroxylation is 1. The van der Waals surface area contributed by atoms with E-state index in [1.165, 1.54) is 38.6 Å². The highest BCUT2D eigenvalue weighted by Crippen LogP contribution is 2.26. The molecular weight excluding hydrogens is 276 g/mol. The average Bonchev–Trinajstić information content (AvgIpc) is 3.25. The molecule has 22 heavy (non-hydrogen) atoms. The Bertz CT molecular complexity index is 502. The van der Waals surface area contributed by atoms with E-state index < -0.39 is 0 Å². The van der Waals surface area contributed by atoms with Crippen molar-refractivity contribution in [2.45, 2.75) is 50.7 Å². The second-order valence-corrected chi connectivity index (χ2v) is 6.44. The molecular formula is C16H28N6. The molecule has 0 amide bonds. The predicted molar refractivity (Wildman–Crippen MR) is 88.8 cm³/mol. The molecule has 1 aromatic heterocycles. The van der Waals surface area contributed by atoms with Crippen LogP contribution in [0.15, 0.2) is 17.4 Å². The van der Waals surface area contributed by atoms with Crippen LogP contribution in [0.1, 0.15) is 37.9 Å². The number of aromatic nitrogens is 2. The molecule has 1 aliphatic carbocycles. The summed E-state index contributed by atoms with van der Waals surface area (Å²) in [4.78, 5) is 11.3. The molecule has 3 rings (SSSR count). The van der Waals surface area contributed by atoms with Crippen LogP contribution in [0.2, 0.25) is 0 Å². The van der Waals surface area contributed by atoms with Gasteiger partial charge in [0.05, 0.1) is 6.54 Å².